The summed E-state index contributed by atoms with van der Waals surface area (Å²) in [5.41, 5.74) is 0. The van der Waals surface area contributed by atoms with Crippen molar-refractivity contribution >= 4 is 39.0 Å². The van der Waals surface area contributed by atoms with Crippen LogP contribution in [0.15, 0.2) is 10.5 Å². The summed E-state index contributed by atoms with van der Waals surface area (Å²) >= 11 is 7.60. The second-order valence-corrected chi connectivity index (χ2v) is 8.36. The van der Waals surface area contributed by atoms with Gasteiger partial charge in [-0.25, -0.2) is 0 Å². The molecule has 1 heterocycles. The first-order valence-electron chi connectivity index (χ1n) is 6.28. The average Bonchev–Trinajstić information content (AvgIpc) is 2.85. The molecule has 0 aliphatic heterocycles. The third kappa shape index (κ3) is 3.98. The van der Waals surface area contributed by atoms with Crippen LogP contribution < -0.4 is 5.32 Å². The molecule has 1 saturated carbocycles. The minimum Gasteiger partial charge on any atom is -0.309 e. The van der Waals surface area contributed by atoms with Crippen molar-refractivity contribution in [3.63, 3.8) is 0 Å². The van der Waals surface area contributed by atoms with Gasteiger partial charge in [0.05, 0.1) is 0 Å². The van der Waals surface area contributed by atoms with Crippen molar-refractivity contribution in [1.29, 1.82) is 0 Å². The van der Waals surface area contributed by atoms with Gasteiger partial charge in [-0.3, -0.25) is 0 Å². The number of rotatable bonds is 5. The van der Waals surface area contributed by atoms with Crippen LogP contribution in [0.5, 0.6) is 0 Å². The van der Waals surface area contributed by atoms with E-state index in [-0.39, 0.29) is 0 Å². The van der Waals surface area contributed by atoms with Crippen molar-refractivity contribution in [3.05, 3.63) is 20.3 Å². The standard InChI is InChI=1S/C13H20BrNS2/c1-3-16-11-5-4-10(6-11)15-8-12-7-13(14)9(2)17-12/h7,10-11,15H,3-6,8H2,1-2H3. The fourth-order valence-electron chi connectivity index (χ4n) is 2.36. The second-order valence-electron chi connectivity index (χ2n) is 4.59. The number of hydrogen-bond acceptors (Lipinski definition) is 3. The summed E-state index contributed by atoms with van der Waals surface area (Å²) in [6.45, 7) is 5.46. The summed E-state index contributed by atoms with van der Waals surface area (Å²) in [5, 5.41) is 4.60. The zero-order chi connectivity index (χ0) is 12.3. The molecule has 2 unspecified atom stereocenters. The molecular weight excluding hydrogens is 314 g/mol. The van der Waals surface area contributed by atoms with E-state index in [9.17, 15) is 0 Å². The lowest BCUT2D eigenvalue weighted by Crippen LogP contribution is -2.25. The highest BCUT2D eigenvalue weighted by Gasteiger charge is 2.23. The maximum atomic E-state index is 3.70. The van der Waals surface area contributed by atoms with Crippen LogP contribution in [-0.2, 0) is 6.54 Å². The monoisotopic (exact) mass is 333 g/mol. The van der Waals surface area contributed by atoms with Gasteiger partial charge in [-0.15, -0.1) is 11.3 Å². The number of aryl methyl sites for hydroxylation is 1. The maximum absolute atomic E-state index is 3.70. The molecule has 1 aliphatic carbocycles. The molecule has 0 saturated heterocycles. The quantitative estimate of drug-likeness (QED) is 0.846. The highest BCUT2D eigenvalue weighted by Crippen LogP contribution is 2.31. The predicted molar refractivity (Wildman–Crippen MR) is 83.2 cm³/mol. The molecule has 1 N–H and O–H groups in total. The zero-order valence-corrected chi connectivity index (χ0v) is 13.7. The van der Waals surface area contributed by atoms with E-state index in [1.54, 1.807) is 0 Å². The van der Waals surface area contributed by atoms with E-state index in [0.717, 1.165) is 17.8 Å². The molecule has 4 heteroatoms. The first-order chi connectivity index (χ1) is 8.19. The Labute approximate surface area is 121 Å². The molecule has 1 aromatic rings. The molecular formula is C13H20BrNS2. The van der Waals surface area contributed by atoms with Crippen LogP contribution in [0.2, 0.25) is 0 Å². The molecule has 1 aliphatic rings. The second kappa shape index (κ2) is 6.60. The summed E-state index contributed by atoms with van der Waals surface area (Å²) in [4.78, 5) is 2.83. The van der Waals surface area contributed by atoms with E-state index in [1.807, 2.05) is 11.3 Å². The number of thiophene rings is 1. The Bertz CT molecular complexity index is 345. The SMILES string of the molecule is CCSC1CCC(NCc2cc(Br)c(C)s2)C1. The molecule has 1 aromatic heterocycles. The minimum atomic E-state index is 0.736. The normalized spacial score (nSPS) is 24.4. The van der Waals surface area contributed by atoms with Gasteiger partial charge in [-0.1, -0.05) is 6.92 Å². The van der Waals surface area contributed by atoms with Crippen LogP contribution in [0.4, 0.5) is 0 Å². The summed E-state index contributed by atoms with van der Waals surface area (Å²) in [5.74, 6) is 1.26. The Kier molecular flexibility index (Phi) is 5.40. The largest absolute Gasteiger partial charge is 0.309 e. The van der Waals surface area contributed by atoms with Gasteiger partial charge < -0.3 is 5.32 Å². The molecule has 0 spiro atoms. The minimum absolute atomic E-state index is 0.736. The van der Waals surface area contributed by atoms with E-state index in [4.69, 9.17) is 0 Å². The van der Waals surface area contributed by atoms with Gasteiger partial charge in [-0.05, 0) is 53.9 Å². The summed E-state index contributed by atoms with van der Waals surface area (Å²) in [7, 11) is 0. The van der Waals surface area contributed by atoms with E-state index in [2.05, 4.69) is 52.9 Å². The summed E-state index contributed by atoms with van der Waals surface area (Å²) < 4.78 is 1.25. The van der Waals surface area contributed by atoms with Crippen molar-refractivity contribution in [3.8, 4) is 0 Å². The van der Waals surface area contributed by atoms with Crippen LogP contribution in [0.1, 0.15) is 35.9 Å². The number of thioether (sulfide) groups is 1. The van der Waals surface area contributed by atoms with E-state index < -0.39 is 0 Å². The molecule has 1 fully saturated rings. The highest BCUT2D eigenvalue weighted by atomic mass is 79.9. The van der Waals surface area contributed by atoms with E-state index in [0.29, 0.717) is 0 Å². The fraction of sp³-hybridized carbons (Fsp3) is 0.692. The third-order valence-corrected chi connectivity index (χ3v) is 6.63. The van der Waals surface area contributed by atoms with Gasteiger partial charge in [-0.2, -0.15) is 11.8 Å². The van der Waals surface area contributed by atoms with Crippen LogP contribution in [0.25, 0.3) is 0 Å². The first-order valence-corrected chi connectivity index (χ1v) is 8.94. The fourth-order valence-corrected chi connectivity index (χ4v) is 5.06. The molecule has 96 valence electrons. The van der Waals surface area contributed by atoms with Gasteiger partial charge in [0.1, 0.15) is 0 Å². The molecule has 0 amide bonds. The Morgan fingerprint density at radius 3 is 3.00 bits per heavy atom. The Hall–Kier alpha value is 0.490. The van der Waals surface area contributed by atoms with Gasteiger partial charge in [0.2, 0.25) is 0 Å². The Morgan fingerprint density at radius 1 is 1.53 bits per heavy atom. The smallest absolute Gasteiger partial charge is 0.0314 e. The molecule has 2 rings (SSSR count). The number of hydrogen-bond donors (Lipinski definition) is 1. The van der Waals surface area contributed by atoms with Crippen molar-refractivity contribution < 1.29 is 0 Å². The van der Waals surface area contributed by atoms with Crippen molar-refractivity contribution in [2.75, 3.05) is 5.75 Å². The predicted octanol–water partition coefficient (Wildman–Crippen LogP) is 4.58. The first kappa shape index (κ1) is 13.9. The average molecular weight is 334 g/mol. The molecule has 1 nitrogen and oxygen atoms in total. The Morgan fingerprint density at radius 2 is 2.35 bits per heavy atom. The zero-order valence-electron chi connectivity index (χ0n) is 10.5. The number of halogens is 1. The topological polar surface area (TPSA) is 12.0 Å². The van der Waals surface area contributed by atoms with Gasteiger partial charge >= 0.3 is 0 Å². The Balaban J connectivity index is 1.76. The van der Waals surface area contributed by atoms with Crippen molar-refractivity contribution in [2.24, 2.45) is 0 Å². The molecule has 2 atom stereocenters. The highest BCUT2D eigenvalue weighted by molar-refractivity contribution is 9.10. The molecule has 0 aromatic carbocycles. The lowest BCUT2D eigenvalue weighted by Gasteiger charge is -2.12. The molecule has 0 radical (unpaired) electrons. The van der Waals surface area contributed by atoms with Crippen molar-refractivity contribution in [1.82, 2.24) is 5.32 Å². The van der Waals surface area contributed by atoms with Gasteiger partial charge in [0.15, 0.2) is 0 Å². The van der Waals surface area contributed by atoms with Crippen LogP contribution in [-0.4, -0.2) is 17.0 Å². The molecule has 17 heavy (non-hydrogen) atoms. The van der Waals surface area contributed by atoms with E-state index in [1.165, 1.54) is 39.2 Å². The summed E-state index contributed by atoms with van der Waals surface area (Å²) in [6.07, 6.45) is 4.09. The third-order valence-electron chi connectivity index (χ3n) is 3.26. The van der Waals surface area contributed by atoms with Crippen LogP contribution in [0.3, 0.4) is 0 Å². The number of nitrogens with one attached hydrogen (secondary N) is 1. The lowest BCUT2D eigenvalue weighted by atomic mass is 10.2. The van der Waals surface area contributed by atoms with Crippen LogP contribution >= 0.6 is 39.0 Å². The van der Waals surface area contributed by atoms with Gasteiger partial charge in [0.25, 0.3) is 0 Å². The summed E-state index contributed by atoms with van der Waals surface area (Å²) in [6, 6.07) is 2.99. The van der Waals surface area contributed by atoms with Gasteiger partial charge in [0, 0.05) is 32.1 Å². The lowest BCUT2D eigenvalue weighted by molar-refractivity contribution is 0.528. The van der Waals surface area contributed by atoms with Crippen molar-refractivity contribution in [2.45, 2.75) is 50.9 Å². The maximum Gasteiger partial charge on any atom is 0.0314 e. The van der Waals surface area contributed by atoms with Crippen LogP contribution in [0, 0.1) is 6.92 Å². The molecule has 0 bridgehead atoms. The van der Waals surface area contributed by atoms with E-state index >= 15 is 0 Å².